The fourth-order valence-electron chi connectivity index (χ4n) is 2.76. The first-order valence-corrected chi connectivity index (χ1v) is 8.54. The largest absolute Gasteiger partial charge is 0.389 e. The van der Waals surface area contributed by atoms with Gasteiger partial charge in [-0.15, -0.1) is 0 Å². The maximum absolute atomic E-state index is 11.8. The molecule has 0 heterocycles. The van der Waals surface area contributed by atoms with Gasteiger partial charge in [-0.3, -0.25) is 0 Å². The fourth-order valence-corrected chi connectivity index (χ4v) is 2.76. The van der Waals surface area contributed by atoms with Crippen molar-refractivity contribution in [3.8, 4) is 0 Å². The highest BCUT2D eigenvalue weighted by molar-refractivity contribution is 5.74. The van der Waals surface area contributed by atoms with Crippen molar-refractivity contribution in [3.05, 3.63) is 0 Å². The van der Waals surface area contributed by atoms with Gasteiger partial charge in [0.2, 0.25) is 0 Å². The number of hydrogen-bond acceptors (Lipinski definition) is 3. The molecule has 2 saturated carbocycles. The van der Waals surface area contributed by atoms with Crippen molar-refractivity contribution in [1.82, 2.24) is 10.6 Å². The van der Waals surface area contributed by atoms with Crippen LogP contribution in [-0.4, -0.2) is 43.0 Å². The third kappa shape index (κ3) is 7.67. The Morgan fingerprint density at radius 1 is 1.10 bits per heavy atom. The summed E-state index contributed by atoms with van der Waals surface area (Å²) in [6.07, 6.45) is 10.3. The fraction of sp³-hybridized carbons (Fsp3) is 0.938. The molecule has 2 fully saturated rings. The van der Waals surface area contributed by atoms with Crippen LogP contribution in [0, 0.1) is 5.92 Å². The number of aliphatic hydroxyl groups excluding tert-OH is 1. The first-order chi connectivity index (χ1) is 10.2. The predicted octanol–water partition coefficient (Wildman–Crippen LogP) is 2.19. The Labute approximate surface area is 127 Å². The van der Waals surface area contributed by atoms with E-state index in [0.717, 1.165) is 19.4 Å². The second kappa shape index (κ2) is 9.26. The van der Waals surface area contributed by atoms with Crippen LogP contribution in [0.15, 0.2) is 0 Å². The number of aliphatic hydroxyl groups is 1. The SMILES string of the molecule is O=C(NC[C@H](O)COCC1CC1)NC1CCCCCCC1. The van der Waals surface area contributed by atoms with Gasteiger partial charge in [0.15, 0.2) is 0 Å². The Kier molecular flexibility index (Phi) is 7.30. The molecule has 5 heteroatoms. The van der Waals surface area contributed by atoms with Gasteiger partial charge in [-0.05, 0) is 31.6 Å². The van der Waals surface area contributed by atoms with Gasteiger partial charge in [-0.25, -0.2) is 4.79 Å². The van der Waals surface area contributed by atoms with E-state index in [0.29, 0.717) is 12.5 Å². The lowest BCUT2D eigenvalue weighted by atomic mass is 9.97. The molecule has 2 aliphatic carbocycles. The van der Waals surface area contributed by atoms with Crippen molar-refractivity contribution in [3.63, 3.8) is 0 Å². The molecule has 3 N–H and O–H groups in total. The van der Waals surface area contributed by atoms with Crippen LogP contribution in [0.25, 0.3) is 0 Å². The minimum Gasteiger partial charge on any atom is -0.389 e. The standard InChI is InChI=1S/C16H30N2O3/c19-15(12-21-11-13-8-9-13)10-17-16(20)18-14-6-4-2-1-3-5-7-14/h13-15,19H,1-12H2,(H2,17,18,20)/t15-/m0/s1. The van der Waals surface area contributed by atoms with E-state index in [1.54, 1.807) is 0 Å². The molecule has 0 aromatic carbocycles. The van der Waals surface area contributed by atoms with Crippen LogP contribution in [0.4, 0.5) is 4.79 Å². The number of nitrogens with one attached hydrogen (secondary N) is 2. The van der Waals surface area contributed by atoms with Gasteiger partial charge < -0.3 is 20.5 Å². The van der Waals surface area contributed by atoms with Crippen molar-refractivity contribution >= 4 is 6.03 Å². The van der Waals surface area contributed by atoms with E-state index < -0.39 is 6.10 Å². The Balaban J connectivity index is 1.52. The number of carbonyl (C=O) groups is 1. The van der Waals surface area contributed by atoms with Crippen LogP contribution in [0.5, 0.6) is 0 Å². The number of ether oxygens (including phenoxy) is 1. The van der Waals surface area contributed by atoms with Gasteiger partial charge in [0.25, 0.3) is 0 Å². The number of urea groups is 1. The van der Waals surface area contributed by atoms with Crippen LogP contribution in [0.2, 0.25) is 0 Å². The van der Waals surface area contributed by atoms with E-state index in [9.17, 15) is 9.90 Å². The second-order valence-corrected chi connectivity index (χ2v) is 6.53. The second-order valence-electron chi connectivity index (χ2n) is 6.53. The molecule has 0 saturated heterocycles. The van der Waals surface area contributed by atoms with Gasteiger partial charge in [0.05, 0.1) is 12.7 Å². The maximum atomic E-state index is 11.8. The molecule has 5 nitrogen and oxygen atoms in total. The molecule has 21 heavy (non-hydrogen) atoms. The molecular formula is C16H30N2O3. The molecule has 2 rings (SSSR count). The highest BCUT2D eigenvalue weighted by Gasteiger charge is 2.21. The van der Waals surface area contributed by atoms with E-state index in [1.165, 1.54) is 44.9 Å². The topological polar surface area (TPSA) is 70.6 Å². The minimum atomic E-state index is -0.619. The highest BCUT2D eigenvalue weighted by atomic mass is 16.5. The predicted molar refractivity (Wildman–Crippen MR) is 82.2 cm³/mol. The van der Waals surface area contributed by atoms with Crippen LogP contribution >= 0.6 is 0 Å². The van der Waals surface area contributed by atoms with E-state index in [4.69, 9.17) is 4.74 Å². The van der Waals surface area contributed by atoms with Gasteiger partial charge in [0.1, 0.15) is 0 Å². The molecular weight excluding hydrogens is 268 g/mol. The summed E-state index contributed by atoms with van der Waals surface area (Å²) >= 11 is 0. The molecule has 0 aliphatic heterocycles. The zero-order valence-corrected chi connectivity index (χ0v) is 13.0. The summed E-state index contributed by atoms with van der Waals surface area (Å²) < 4.78 is 5.41. The van der Waals surface area contributed by atoms with Crippen molar-refractivity contribution < 1.29 is 14.6 Å². The molecule has 0 aromatic heterocycles. The van der Waals surface area contributed by atoms with Crippen LogP contribution < -0.4 is 10.6 Å². The average molecular weight is 298 g/mol. The zero-order chi connectivity index (χ0) is 14.9. The number of amides is 2. The number of carbonyl (C=O) groups excluding carboxylic acids is 1. The summed E-state index contributed by atoms with van der Waals surface area (Å²) in [6.45, 7) is 1.30. The van der Waals surface area contributed by atoms with E-state index in [-0.39, 0.29) is 18.6 Å². The van der Waals surface area contributed by atoms with Crippen molar-refractivity contribution in [2.45, 2.75) is 69.9 Å². The summed E-state index contributed by atoms with van der Waals surface area (Å²) in [5.74, 6) is 0.702. The third-order valence-electron chi connectivity index (χ3n) is 4.30. The summed E-state index contributed by atoms with van der Waals surface area (Å²) in [4.78, 5) is 11.8. The molecule has 122 valence electrons. The third-order valence-corrected chi connectivity index (χ3v) is 4.30. The Hall–Kier alpha value is -0.810. The van der Waals surface area contributed by atoms with E-state index >= 15 is 0 Å². The van der Waals surface area contributed by atoms with Crippen molar-refractivity contribution in [1.29, 1.82) is 0 Å². The lowest BCUT2D eigenvalue weighted by Gasteiger charge is -2.21. The van der Waals surface area contributed by atoms with Crippen LogP contribution in [0.3, 0.4) is 0 Å². The zero-order valence-electron chi connectivity index (χ0n) is 13.0. The van der Waals surface area contributed by atoms with E-state index in [2.05, 4.69) is 10.6 Å². The molecule has 0 bridgehead atoms. The molecule has 0 radical (unpaired) electrons. The van der Waals surface area contributed by atoms with E-state index in [1.807, 2.05) is 0 Å². The molecule has 0 aromatic rings. The smallest absolute Gasteiger partial charge is 0.315 e. The highest BCUT2D eigenvalue weighted by Crippen LogP contribution is 2.28. The van der Waals surface area contributed by atoms with Crippen LogP contribution in [-0.2, 0) is 4.74 Å². The quantitative estimate of drug-likeness (QED) is 0.675. The summed E-state index contributed by atoms with van der Waals surface area (Å²) in [5.41, 5.74) is 0. The van der Waals surface area contributed by atoms with Crippen LogP contribution in [0.1, 0.15) is 57.8 Å². The number of rotatable bonds is 7. The summed E-state index contributed by atoms with van der Waals surface area (Å²) in [5, 5.41) is 15.5. The molecule has 0 spiro atoms. The first kappa shape index (κ1) is 16.6. The molecule has 1 atom stereocenters. The summed E-state index contributed by atoms with van der Waals surface area (Å²) in [7, 11) is 0. The minimum absolute atomic E-state index is 0.165. The monoisotopic (exact) mass is 298 g/mol. The molecule has 2 aliphatic rings. The van der Waals surface area contributed by atoms with Gasteiger partial charge in [-0.1, -0.05) is 32.1 Å². The Bertz CT molecular complexity index is 300. The Morgan fingerprint density at radius 2 is 1.76 bits per heavy atom. The lowest BCUT2D eigenvalue weighted by molar-refractivity contribution is 0.0337. The first-order valence-electron chi connectivity index (χ1n) is 8.54. The Morgan fingerprint density at radius 3 is 2.43 bits per heavy atom. The van der Waals surface area contributed by atoms with Crippen molar-refractivity contribution in [2.75, 3.05) is 19.8 Å². The maximum Gasteiger partial charge on any atom is 0.315 e. The lowest BCUT2D eigenvalue weighted by Crippen LogP contribution is -2.45. The number of hydrogen-bond donors (Lipinski definition) is 3. The normalized spacial score (nSPS) is 22.1. The van der Waals surface area contributed by atoms with Gasteiger partial charge in [0, 0.05) is 19.2 Å². The van der Waals surface area contributed by atoms with Gasteiger partial charge >= 0.3 is 6.03 Å². The summed E-state index contributed by atoms with van der Waals surface area (Å²) in [6, 6.07) is 0.121. The average Bonchev–Trinajstić information content (AvgIpc) is 3.23. The molecule has 0 unspecified atom stereocenters. The molecule has 2 amide bonds. The van der Waals surface area contributed by atoms with Gasteiger partial charge in [-0.2, -0.15) is 0 Å². The van der Waals surface area contributed by atoms with Crippen molar-refractivity contribution in [2.24, 2.45) is 5.92 Å².